The number of H-pyrrole nitrogens is 1. The number of rotatable bonds is 13. The molecule has 3 N–H and O–H groups in total. The Kier molecular flexibility index (Phi) is 13.7. The minimum Gasteiger partial charge on any atom is -0.491 e. The lowest BCUT2D eigenvalue weighted by Gasteiger charge is -2.32. The Hall–Kier alpha value is -5.02. The Bertz CT molecular complexity index is 2340. The second kappa shape index (κ2) is 19.1. The number of pyridine rings is 2. The van der Waals surface area contributed by atoms with Crippen molar-refractivity contribution in [2.75, 3.05) is 55.7 Å². The van der Waals surface area contributed by atoms with Gasteiger partial charge >= 0.3 is 0 Å². The number of anilines is 2. The molecule has 60 heavy (non-hydrogen) atoms. The van der Waals surface area contributed by atoms with Gasteiger partial charge in [-0.1, -0.05) is 19.6 Å². The van der Waals surface area contributed by atoms with E-state index < -0.39 is 8.07 Å². The molecule has 0 bridgehead atoms. The molecule has 2 atom stereocenters. The van der Waals surface area contributed by atoms with Gasteiger partial charge in [0.15, 0.2) is 0 Å². The van der Waals surface area contributed by atoms with Crippen LogP contribution in [0, 0.1) is 0 Å². The number of benzene rings is 2. The minimum atomic E-state index is -1.13. The number of ether oxygens (including phenoxy) is 3. The van der Waals surface area contributed by atoms with Crippen molar-refractivity contribution in [3.05, 3.63) is 73.1 Å². The topological polar surface area (TPSA) is 131 Å². The van der Waals surface area contributed by atoms with Crippen molar-refractivity contribution in [3.8, 4) is 34.0 Å². The molecule has 2 aliphatic rings. The van der Waals surface area contributed by atoms with Crippen LogP contribution in [0.25, 0.3) is 44.3 Å². The zero-order chi connectivity index (χ0) is 42.4. The first kappa shape index (κ1) is 43.1. The minimum absolute atomic E-state index is 0.114. The number of fused-ring (bicyclic) bond motifs is 2. The first-order valence-corrected chi connectivity index (χ1v) is 25.3. The van der Waals surface area contributed by atoms with Gasteiger partial charge in [0.05, 0.1) is 23.2 Å². The summed E-state index contributed by atoms with van der Waals surface area (Å²) in [6, 6.07) is 22.7. The number of nitrogens with one attached hydrogen (secondary N) is 3. The number of hydrogen-bond donors (Lipinski definition) is 3. The molecule has 2 fully saturated rings. The summed E-state index contributed by atoms with van der Waals surface area (Å²) in [5.74, 6) is 3.71. The summed E-state index contributed by atoms with van der Waals surface area (Å²) in [4.78, 5) is 13.9. The molecule has 8 rings (SSSR count). The molecule has 0 unspecified atom stereocenters. The number of piperazine rings is 2. The summed E-state index contributed by atoms with van der Waals surface area (Å²) in [6.07, 6.45) is 4.01. The molecule has 2 aromatic carbocycles. The Morgan fingerprint density at radius 2 is 1.28 bits per heavy atom. The molecule has 0 radical (unpaired) electrons. The summed E-state index contributed by atoms with van der Waals surface area (Å²) in [7, 11) is -1.13. The fraction of sp³-hybridized carbons (Fsp3) is 0.478. The van der Waals surface area contributed by atoms with Crippen LogP contribution in [0.15, 0.2) is 73.1 Å². The number of aromatic amines is 1. The van der Waals surface area contributed by atoms with Gasteiger partial charge in [-0.2, -0.15) is 10.2 Å². The molecule has 4 aromatic heterocycles. The molecule has 6 heterocycles. The van der Waals surface area contributed by atoms with Crippen molar-refractivity contribution in [2.24, 2.45) is 0 Å². The van der Waals surface area contributed by atoms with Crippen LogP contribution in [-0.4, -0.2) is 108 Å². The first-order valence-electron chi connectivity index (χ1n) is 21.6. The zero-order valence-corrected chi connectivity index (χ0v) is 38.0. The summed E-state index contributed by atoms with van der Waals surface area (Å²) >= 11 is 0. The van der Waals surface area contributed by atoms with Gasteiger partial charge in [-0.3, -0.25) is 5.10 Å². The van der Waals surface area contributed by atoms with Gasteiger partial charge in [-0.15, -0.1) is 0 Å². The highest BCUT2D eigenvalue weighted by Gasteiger charge is 2.21. The summed E-state index contributed by atoms with van der Waals surface area (Å²) < 4.78 is 19.9. The molecule has 320 valence electrons. The van der Waals surface area contributed by atoms with E-state index in [1.807, 2.05) is 75.1 Å². The quantitative estimate of drug-likeness (QED) is 0.0769. The molecule has 0 aliphatic carbocycles. The lowest BCUT2D eigenvalue weighted by molar-refractivity contribution is 0.0818. The molecule has 2 saturated heterocycles. The lowest BCUT2D eigenvalue weighted by Crippen LogP contribution is -2.49. The fourth-order valence-electron chi connectivity index (χ4n) is 7.66. The third-order valence-corrected chi connectivity index (χ3v) is 12.3. The average Bonchev–Trinajstić information content (AvgIpc) is 3.80. The highest BCUT2D eigenvalue weighted by atomic mass is 28.3. The van der Waals surface area contributed by atoms with E-state index in [1.54, 1.807) is 0 Å². The number of aromatic nitrogens is 6. The van der Waals surface area contributed by atoms with Crippen molar-refractivity contribution in [1.82, 2.24) is 40.6 Å². The van der Waals surface area contributed by atoms with Crippen molar-refractivity contribution >= 4 is 41.5 Å². The van der Waals surface area contributed by atoms with Gasteiger partial charge in [0.25, 0.3) is 0 Å². The van der Waals surface area contributed by atoms with E-state index in [1.165, 1.54) is 0 Å². The second-order valence-electron chi connectivity index (χ2n) is 17.9. The van der Waals surface area contributed by atoms with Crippen LogP contribution in [0.3, 0.4) is 0 Å². The molecule has 0 spiro atoms. The van der Waals surface area contributed by atoms with Crippen LogP contribution in [0.2, 0.25) is 25.7 Å². The van der Waals surface area contributed by atoms with Crippen LogP contribution in [0.4, 0.5) is 11.6 Å². The molecule has 6 aromatic rings. The Morgan fingerprint density at radius 3 is 1.85 bits per heavy atom. The third-order valence-electron chi connectivity index (χ3n) is 10.6. The fourth-order valence-corrected chi connectivity index (χ4v) is 8.42. The van der Waals surface area contributed by atoms with Gasteiger partial charge in [-0.25, -0.2) is 14.6 Å². The van der Waals surface area contributed by atoms with E-state index in [4.69, 9.17) is 19.3 Å². The maximum Gasteiger partial charge on any atom is 0.140 e. The average molecular weight is 833 g/mol. The van der Waals surface area contributed by atoms with Crippen molar-refractivity contribution in [2.45, 2.75) is 98.2 Å². The maximum atomic E-state index is 6.05. The van der Waals surface area contributed by atoms with Crippen molar-refractivity contribution in [1.29, 1.82) is 0 Å². The summed E-state index contributed by atoms with van der Waals surface area (Å²) in [5, 5.41) is 21.8. The van der Waals surface area contributed by atoms with E-state index in [9.17, 15) is 0 Å². The van der Waals surface area contributed by atoms with Crippen LogP contribution in [-0.2, 0) is 11.5 Å². The molecular weight excluding hydrogens is 769 g/mol. The summed E-state index contributed by atoms with van der Waals surface area (Å²) in [5.41, 5.74) is 6.04. The molecular formula is C46H64N10O3Si. The molecule has 0 saturated carbocycles. The third kappa shape index (κ3) is 11.0. The van der Waals surface area contributed by atoms with E-state index in [0.29, 0.717) is 18.8 Å². The highest BCUT2D eigenvalue weighted by Crippen LogP contribution is 2.34. The number of hydrogen-bond acceptors (Lipinski definition) is 11. The van der Waals surface area contributed by atoms with E-state index in [2.05, 4.69) is 104 Å². The largest absolute Gasteiger partial charge is 0.491 e. The van der Waals surface area contributed by atoms with E-state index in [0.717, 1.165) is 119 Å². The number of nitrogens with zero attached hydrogens (tertiary/aromatic N) is 7. The van der Waals surface area contributed by atoms with E-state index in [-0.39, 0.29) is 12.2 Å². The second-order valence-corrected chi connectivity index (χ2v) is 23.5. The van der Waals surface area contributed by atoms with Gasteiger partial charge < -0.3 is 34.6 Å². The lowest BCUT2D eigenvalue weighted by atomic mass is 10.1. The van der Waals surface area contributed by atoms with Crippen molar-refractivity contribution in [3.63, 3.8) is 0 Å². The van der Waals surface area contributed by atoms with Gasteiger partial charge in [0.1, 0.15) is 41.3 Å². The zero-order valence-electron chi connectivity index (χ0n) is 37.0. The van der Waals surface area contributed by atoms with Crippen LogP contribution in [0.5, 0.6) is 11.5 Å². The Labute approximate surface area is 356 Å². The van der Waals surface area contributed by atoms with Gasteiger partial charge in [-0.05, 0) is 108 Å². The van der Waals surface area contributed by atoms with Gasteiger partial charge in [0, 0.05) is 100 Å². The van der Waals surface area contributed by atoms with Crippen molar-refractivity contribution < 1.29 is 14.2 Å². The summed E-state index contributed by atoms with van der Waals surface area (Å²) in [6.45, 7) is 26.7. The van der Waals surface area contributed by atoms with E-state index >= 15 is 0 Å². The Morgan fingerprint density at radius 1 is 0.717 bits per heavy atom. The SMILES string of the molecule is CC(C)Oc1ccc2[nH]nc(-c3ccnc(N4CCN[C@@H](C)C4)c3)c2c1.CC(C)Oc1ccc2c(c1)c(-c1ccnc(N3CCN[C@@H](C)C3)c1)nn2COCC[Si](C)(C)C. The monoisotopic (exact) mass is 832 g/mol. The molecule has 13 nitrogen and oxygen atoms in total. The van der Waals surface area contributed by atoms with Gasteiger partial charge in [0.2, 0.25) is 0 Å². The highest BCUT2D eigenvalue weighted by molar-refractivity contribution is 6.76. The predicted octanol–water partition coefficient (Wildman–Crippen LogP) is 8.21. The smallest absolute Gasteiger partial charge is 0.140 e. The van der Waals surface area contributed by atoms with Crippen LogP contribution >= 0.6 is 0 Å². The first-order chi connectivity index (χ1) is 28.8. The normalized spacial score (nSPS) is 17.4. The standard InChI is InChI=1S/C26H39N5O2Si.C20H25N5O/c1-19(2)33-22-7-8-24-23(16-22)26(29-31(24)18-32-13-14-34(4,5)6)21-9-10-28-25(15-21)30-12-11-27-20(3)17-30;1-13(2)26-16-4-5-18-17(11-16)20(24-23-18)15-6-7-22-19(10-15)25-9-8-21-14(3)12-25/h7-10,15-16,19-20,27H,11-14,17-18H2,1-6H3;4-7,10-11,13-14,21H,8-9,12H2,1-3H3,(H,23,24)/t20-;14-/m00/s1. The van der Waals surface area contributed by atoms with Crippen LogP contribution < -0.4 is 29.9 Å². The Balaban J connectivity index is 0.000000188. The van der Waals surface area contributed by atoms with Crippen LogP contribution in [0.1, 0.15) is 41.5 Å². The maximum absolute atomic E-state index is 6.05. The molecule has 0 amide bonds. The predicted molar refractivity (Wildman–Crippen MR) is 247 cm³/mol. The molecule has 14 heteroatoms. The molecule has 2 aliphatic heterocycles.